The summed E-state index contributed by atoms with van der Waals surface area (Å²) in [6, 6.07) is 7.19. The minimum absolute atomic E-state index is 0.0446. The number of aromatic carboxylic acids is 1. The van der Waals surface area contributed by atoms with Gasteiger partial charge in [-0.15, -0.1) is 0 Å². The minimum Gasteiger partial charge on any atom is -0.478 e. The molecule has 1 amide bonds. The van der Waals surface area contributed by atoms with Gasteiger partial charge in [-0.05, 0) is 49.4 Å². The van der Waals surface area contributed by atoms with E-state index in [9.17, 15) is 14.4 Å². The van der Waals surface area contributed by atoms with Crippen LogP contribution in [0.25, 0.3) is 0 Å². The van der Waals surface area contributed by atoms with Gasteiger partial charge in [0.25, 0.3) is 0 Å². The lowest BCUT2D eigenvalue weighted by atomic mass is 10.0. The molecule has 2 N–H and O–H groups in total. The first-order valence-corrected chi connectivity index (χ1v) is 8.68. The van der Waals surface area contributed by atoms with Gasteiger partial charge < -0.3 is 14.8 Å². The van der Waals surface area contributed by atoms with E-state index in [1.54, 1.807) is 6.92 Å². The first-order chi connectivity index (χ1) is 12.4. The molecule has 1 aromatic heterocycles. The maximum atomic E-state index is 12.3. The Morgan fingerprint density at radius 2 is 1.88 bits per heavy atom. The summed E-state index contributed by atoms with van der Waals surface area (Å²) in [5, 5.41) is 11.6. The largest absolute Gasteiger partial charge is 0.478 e. The van der Waals surface area contributed by atoms with E-state index in [0.29, 0.717) is 17.1 Å². The molecule has 0 spiro atoms. The molecule has 0 unspecified atom stereocenters. The Bertz CT molecular complexity index is 865. The molecule has 26 heavy (non-hydrogen) atoms. The minimum atomic E-state index is -1.07. The van der Waals surface area contributed by atoms with Gasteiger partial charge in [0, 0.05) is 18.4 Å². The number of benzene rings is 1. The molecule has 1 aromatic carbocycles. The van der Waals surface area contributed by atoms with Crippen LogP contribution in [0.2, 0.25) is 0 Å². The van der Waals surface area contributed by atoms with E-state index >= 15 is 0 Å². The lowest BCUT2D eigenvalue weighted by molar-refractivity contribution is -0.121. The highest BCUT2D eigenvalue weighted by molar-refractivity contribution is 5.98. The predicted molar refractivity (Wildman–Crippen MR) is 94.3 cm³/mol. The van der Waals surface area contributed by atoms with Gasteiger partial charge in [0.1, 0.15) is 17.1 Å². The van der Waals surface area contributed by atoms with Crippen LogP contribution in [-0.2, 0) is 24.2 Å². The number of hydrogen-bond acceptors (Lipinski definition) is 4. The third-order valence-electron chi connectivity index (χ3n) is 4.66. The number of carbonyl (C=O) groups excluding carboxylic acids is 2. The van der Waals surface area contributed by atoms with Gasteiger partial charge in [0.15, 0.2) is 5.78 Å². The van der Waals surface area contributed by atoms with Gasteiger partial charge in [-0.25, -0.2) is 4.79 Å². The number of ketones is 1. The van der Waals surface area contributed by atoms with Crippen molar-refractivity contribution in [3.8, 4) is 0 Å². The van der Waals surface area contributed by atoms with Crippen molar-refractivity contribution in [2.45, 2.75) is 45.6 Å². The second-order valence-corrected chi connectivity index (χ2v) is 6.52. The van der Waals surface area contributed by atoms with Gasteiger partial charge in [-0.3, -0.25) is 9.59 Å². The van der Waals surface area contributed by atoms with Crippen molar-refractivity contribution < 1.29 is 23.9 Å². The van der Waals surface area contributed by atoms with Gasteiger partial charge in [0.2, 0.25) is 5.91 Å². The molecule has 0 fully saturated rings. The molecule has 0 saturated carbocycles. The quantitative estimate of drug-likeness (QED) is 0.744. The molecule has 1 aliphatic rings. The number of carboxylic acid groups (broad SMARTS) is 1. The smallest absolute Gasteiger partial charge is 0.339 e. The highest BCUT2D eigenvalue weighted by Crippen LogP contribution is 2.23. The summed E-state index contributed by atoms with van der Waals surface area (Å²) in [5.74, 6) is -0.710. The summed E-state index contributed by atoms with van der Waals surface area (Å²) in [5.41, 5.74) is 3.30. The molecule has 3 rings (SSSR count). The van der Waals surface area contributed by atoms with E-state index in [2.05, 4.69) is 5.32 Å². The third kappa shape index (κ3) is 4.02. The Balaban J connectivity index is 1.48. The Labute approximate surface area is 151 Å². The zero-order valence-electron chi connectivity index (χ0n) is 14.6. The number of hydrogen-bond donors (Lipinski definition) is 2. The van der Waals surface area contributed by atoms with E-state index in [0.717, 1.165) is 19.3 Å². The van der Waals surface area contributed by atoms with Crippen LogP contribution >= 0.6 is 0 Å². The van der Waals surface area contributed by atoms with Crippen LogP contribution < -0.4 is 5.32 Å². The molecular formula is C20H21NO5. The molecule has 0 saturated heterocycles. The van der Waals surface area contributed by atoms with Gasteiger partial charge in [-0.1, -0.05) is 12.1 Å². The fourth-order valence-corrected chi connectivity index (χ4v) is 3.23. The summed E-state index contributed by atoms with van der Waals surface area (Å²) in [6.07, 6.45) is 3.44. The van der Waals surface area contributed by atoms with Gasteiger partial charge in [-0.2, -0.15) is 0 Å². The van der Waals surface area contributed by atoms with Crippen molar-refractivity contribution in [2.24, 2.45) is 0 Å². The Kier molecular flexibility index (Phi) is 5.21. The molecule has 0 radical (unpaired) electrons. The highest BCUT2D eigenvalue weighted by atomic mass is 16.4. The molecule has 1 heterocycles. The highest BCUT2D eigenvalue weighted by Gasteiger charge is 2.16. The standard InChI is InChI=1S/C20H21NO5/c1-12-17(20(24)25)10-16(26-12)11-21-19(23)8-7-18(22)15-6-5-13-3-2-4-14(13)9-15/h5-6,9-10H,2-4,7-8,11H2,1H3,(H,21,23)(H,24,25). The second kappa shape index (κ2) is 7.56. The molecule has 2 aromatic rings. The van der Waals surface area contributed by atoms with Crippen molar-refractivity contribution in [1.29, 1.82) is 0 Å². The summed E-state index contributed by atoms with van der Waals surface area (Å²) in [7, 11) is 0. The zero-order valence-corrected chi connectivity index (χ0v) is 14.6. The average molecular weight is 355 g/mol. The van der Waals surface area contributed by atoms with Crippen LogP contribution in [0.3, 0.4) is 0 Å². The number of carbonyl (C=O) groups is 3. The fraction of sp³-hybridized carbons (Fsp3) is 0.350. The van der Waals surface area contributed by atoms with Crippen LogP contribution in [0, 0.1) is 6.92 Å². The monoisotopic (exact) mass is 355 g/mol. The number of nitrogens with one attached hydrogen (secondary N) is 1. The molecule has 6 nitrogen and oxygen atoms in total. The van der Waals surface area contributed by atoms with Crippen molar-refractivity contribution in [3.05, 3.63) is 58.0 Å². The van der Waals surface area contributed by atoms with Crippen LogP contribution in [0.5, 0.6) is 0 Å². The summed E-state index contributed by atoms with van der Waals surface area (Å²) < 4.78 is 5.30. The first-order valence-electron chi connectivity index (χ1n) is 8.68. The Morgan fingerprint density at radius 1 is 1.12 bits per heavy atom. The van der Waals surface area contributed by atoms with E-state index < -0.39 is 5.97 Å². The molecular weight excluding hydrogens is 334 g/mol. The van der Waals surface area contributed by atoms with Crippen molar-refractivity contribution >= 4 is 17.7 Å². The van der Waals surface area contributed by atoms with Crippen LogP contribution in [0.4, 0.5) is 0 Å². The fourth-order valence-electron chi connectivity index (χ4n) is 3.23. The number of carboxylic acids is 1. The lowest BCUT2D eigenvalue weighted by Crippen LogP contribution is -2.23. The van der Waals surface area contributed by atoms with Crippen LogP contribution in [0.15, 0.2) is 28.7 Å². The zero-order chi connectivity index (χ0) is 18.7. The van der Waals surface area contributed by atoms with Crippen molar-refractivity contribution in [3.63, 3.8) is 0 Å². The predicted octanol–water partition coefficient (Wildman–Crippen LogP) is 3.05. The van der Waals surface area contributed by atoms with E-state index in [-0.39, 0.29) is 36.6 Å². The van der Waals surface area contributed by atoms with E-state index in [4.69, 9.17) is 9.52 Å². The number of fused-ring (bicyclic) bond motifs is 1. The summed E-state index contributed by atoms with van der Waals surface area (Å²) in [4.78, 5) is 35.2. The molecule has 0 aliphatic heterocycles. The Hall–Kier alpha value is -2.89. The van der Waals surface area contributed by atoms with Crippen molar-refractivity contribution in [1.82, 2.24) is 5.32 Å². The topological polar surface area (TPSA) is 96.6 Å². The first kappa shape index (κ1) is 17.9. The van der Waals surface area contributed by atoms with E-state index in [1.165, 1.54) is 17.2 Å². The van der Waals surface area contributed by atoms with Crippen LogP contribution in [0.1, 0.15) is 62.6 Å². The SMILES string of the molecule is Cc1oc(CNC(=O)CCC(=O)c2ccc3c(c2)CCC3)cc1C(=O)O. The van der Waals surface area contributed by atoms with Crippen molar-refractivity contribution in [2.75, 3.05) is 0 Å². The van der Waals surface area contributed by atoms with E-state index in [1.807, 2.05) is 18.2 Å². The molecule has 136 valence electrons. The third-order valence-corrected chi connectivity index (χ3v) is 4.66. The molecule has 6 heteroatoms. The molecule has 1 aliphatic carbocycles. The number of amides is 1. The normalized spacial score (nSPS) is 12.7. The maximum absolute atomic E-state index is 12.3. The van der Waals surface area contributed by atoms with Gasteiger partial charge in [0.05, 0.1) is 6.54 Å². The lowest BCUT2D eigenvalue weighted by Gasteiger charge is -2.05. The Morgan fingerprint density at radius 3 is 2.62 bits per heavy atom. The van der Waals surface area contributed by atoms with Gasteiger partial charge >= 0.3 is 5.97 Å². The average Bonchev–Trinajstić information content (AvgIpc) is 3.23. The molecule has 0 bridgehead atoms. The van der Waals surface area contributed by atoms with Crippen LogP contribution in [-0.4, -0.2) is 22.8 Å². The molecule has 0 atom stereocenters. The summed E-state index contributed by atoms with van der Waals surface area (Å²) in [6.45, 7) is 1.66. The number of furan rings is 1. The summed E-state index contributed by atoms with van der Waals surface area (Å²) >= 11 is 0. The number of aryl methyl sites for hydroxylation is 3. The number of rotatable bonds is 7. The second-order valence-electron chi connectivity index (χ2n) is 6.52. The maximum Gasteiger partial charge on any atom is 0.339 e. The number of Topliss-reactive ketones (excluding diaryl/α,β-unsaturated/α-hetero) is 1.